The molecule has 3 N–H and O–H groups in total. The summed E-state index contributed by atoms with van der Waals surface area (Å²) in [6.07, 6.45) is 2.50. The lowest BCUT2D eigenvalue weighted by atomic mass is 9.89. The van der Waals surface area contributed by atoms with E-state index in [9.17, 15) is 14.7 Å². The van der Waals surface area contributed by atoms with E-state index in [2.05, 4.69) is 5.32 Å². The van der Waals surface area contributed by atoms with Gasteiger partial charge in [-0.1, -0.05) is 26.7 Å². The van der Waals surface area contributed by atoms with Gasteiger partial charge in [0.1, 0.15) is 0 Å². The Hall–Kier alpha value is -1.14. The van der Waals surface area contributed by atoms with Crippen LogP contribution in [0.25, 0.3) is 0 Å². The number of methoxy groups -OCH3 is 1. The molecule has 19 heavy (non-hydrogen) atoms. The van der Waals surface area contributed by atoms with Crippen LogP contribution in [-0.4, -0.2) is 47.4 Å². The Morgan fingerprint density at radius 2 is 1.79 bits per heavy atom. The van der Waals surface area contributed by atoms with E-state index in [0.29, 0.717) is 12.8 Å². The molecule has 0 aromatic carbocycles. The highest BCUT2D eigenvalue weighted by Gasteiger charge is 2.30. The number of carbonyl (C=O) groups is 2. The second-order valence-corrected chi connectivity index (χ2v) is 4.81. The highest BCUT2D eigenvalue weighted by molar-refractivity contribution is 5.84. The van der Waals surface area contributed by atoms with E-state index in [-0.39, 0.29) is 13.0 Å². The molecule has 6 nitrogen and oxygen atoms in total. The van der Waals surface area contributed by atoms with Crippen LogP contribution < -0.4 is 5.32 Å². The molecule has 112 valence electrons. The summed E-state index contributed by atoms with van der Waals surface area (Å²) in [6.45, 7) is 3.77. The summed E-state index contributed by atoms with van der Waals surface area (Å²) in [6, 6.07) is -1.08. The number of rotatable bonds is 10. The lowest BCUT2D eigenvalue weighted by molar-refractivity contribution is -0.144. The van der Waals surface area contributed by atoms with Gasteiger partial charge in [-0.05, 0) is 12.8 Å². The molecule has 0 saturated heterocycles. The van der Waals surface area contributed by atoms with E-state index in [4.69, 9.17) is 9.84 Å². The molecule has 0 saturated carbocycles. The van der Waals surface area contributed by atoms with Crippen molar-refractivity contribution in [1.82, 2.24) is 5.32 Å². The molecule has 0 fully saturated rings. The first kappa shape index (κ1) is 17.9. The van der Waals surface area contributed by atoms with Crippen molar-refractivity contribution in [3.63, 3.8) is 0 Å². The maximum atomic E-state index is 11.8. The van der Waals surface area contributed by atoms with Crippen molar-refractivity contribution in [2.24, 2.45) is 0 Å². The van der Waals surface area contributed by atoms with Gasteiger partial charge in [-0.15, -0.1) is 0 Å². The monoisotopic (exact) mass is 275 g/mol. The van der Waals surface area contributed by atoms with Gasteiger partial charge in [-0.2, -0.15) is 0 Å². The van der Waals surface area contributed by atoms with Crippen LogP contribution in [0.5, 0.6) is 0 Å². The SMILES string of the molecule is CCCC(O)(CCC)CC(=O)NC(COC)C(=O)O. The third kappa shape index (κ3) is 7.12. The molecule has 0 aromatic rings. The van der Waals surface area contributed by atoms with E-state index in [1.807, 2.05) is 13.8 Å². The summed E-state index contributed by atoms with van der Waals surface area (Å²) in [4.78, 5) is 22.7. The molecule has 1 amide bonds. The van der Waals surface area contributed by atoms with Gasteiger partial charge in [-0.3, -0.25) is 4.79 Å². The van der Waals surface area contributed by atoms with Crippen molar-refractivity contribution >= 4 is 11.9 Å². The van der Waals surface area contributed by atoms with Crippen LogP contribution in [0.15, 0.2) is 0 Å². The Balaban J connectivity index is 4.50. The Kier molecular flexibility index (Phi) is 8.34. The highest BCUT2D eigenvalue weighted by atomic mass is 16.5. The molecule has 6 heteroatoms. The molecule has 0 aliphatic heterocycles. The molecule has 1 atom stereocenters. The van der Waals surface area contributed by atoms with Gasteiger partial charge >= 0.3 is 5.97 Å². The van der Waals surface area contributed by atoms with Crippen molar-refractivity contribution < 1.29 is 24.5 Å². The third-order valence-electron chi connectivity index (χ3n) is 2.89. The smallest absolute Gasteiger partial charge is 0.328 e. The van der Waals surface area contributed by atoms with Crippen LogP contribution in [-0.2, 0) is 14.3 Å². The quantitative estimate of drug-likeness (QED) is 0.551. The van der Waals surface area contributed by atoms with Crippen LogP contribution in [0, 0.1) is 0 Å². The maximum absolute atomic E-state index is 11.8. The second kappa shape index (κ2) is 8.87. The fourth-order valence-electron chi connectivity index (χ4n) is 2.12. The van der Waals surface area contributed by atoms with E-state index < -0.39 is 23.5 Å². The van der Waals surface area contributed by atoms with E-state index in [1.54, 1.807) is 0 Å². The number of aliphatic carboxylic acids is 1. The van der Waals surface area contributed by atoms with Crippen molar-refractivity contribution in [3.05, 3.63) is 0 Å². The molecule has 0 spiro atoms. The van der Waals surface area contributed by atoms with Crippen LogP contribution >= 0.6 is 0 Å². The molecule has 0 heterocycles. The van der Waals surface area contributed by atoms with E-state index >= 15 is 0 Å². The largest absolute Gasteiger partial charge is 0.480 e. The number of hydrogen-bond acceptors (Lipinski definition) is 4. The number of ether oxygens (including phenoxy) is 1. The van der Waals surface area contributed by atoms with Crippen LogP contribution in [0.1, 0.15) is 46.0 Å². The maximum Gasteiger partial charge on any atom is 0.328 e. The number of carboxylic acids is 1. The zero-order valence-corrected chi connectivity index (χ0v) is 11.9. The summed E-state index contributed by atoms with van der Waals surface area (Å²) >= 11 is 0. The molecular weight excluding hydrogens is 250 g/mol. The third-order valence-corrected chi connectivity index (χ3v) is 2.89. The fourth-order valence-corrected chi connectivity index (χ4v) is 2.12. The highest BCUT2D eigenvalue weighted by Crippen LogP contribution is 2.23. The lowest BCUT2D eigenvalue weighted by Gasteiger charge is -2.27. The van der Waals surface area contributed by atoms with Gasteiger partial charge in [0.25, 0.3) is 0 Å². The topological polar surface area (TPSA) is 95.9 Å². The first-order chi connectivity index (χ1) is 8.88. The number of carboxylic acid groups (broad SMARTS) is 1. The predicted octanol–water partition coefficient (Wildman–Crippen LogP) is 0.924. The zero-order chi connectivity index (χ0) is 14.9. The van der Waals surface area contributed by atoms with Gasteiger partial charge in [0.05, 0.1) is 18.6 Å². The van der Waals surface area contributed by atoms with Crippen molar-refractivity contribution in [3.8, 4) is 0 Å². The first-order valence-corrected chi connectivity index (χ1v) is 6.62. The van der Waals surface area contributed by atoms with Crippen LogP contribution in [0.2, 0.25) is 0 Å². The molecule has 0 bridgehead atoms. The lowest BCUT2D eigenvalue weighted by Crippen LogP contribution is -2.46. The minimum absolute atomic E-state index is 0.0812. The minimum atomic E-state index is -1.15. The summed E-state index contributed by atoms with van der Waals surface area (Å²) in [7, 11) is 1.37. The molecule has 0 aliphatic carbocycles. The summed E-state index contributed by atoms with van der Waals surface area (Å²) in [5, 5.41) is 21.6. The van der Waals surface area contributed by atoms with E-state index in [0.717, 1.165) is 12.8 Å². The Morgan fingerprint density at radius 3 is 2.16 bits per heavy atom. The summed E-state index contributed by atoms with van der Waals surface area (Å²) < 4.78 is 4.73. The van der Waals surface area contributed by atoms with Gasteiger partial charge in [0.15, 0.2) is 6.04 Å². The van der Waals surface area contributed by atoms with Crippen LogP contribution in [0.3, 0.4) is 0 Å². The van der Waals surface area contributed by atoms with Crippen molar-refractivity contribution in [1.29, 1.82) is 0 Å². The normalized spacial score (nSPS) is 13.1. The second-order valence-electron chi connectivity index (χ2n) is 4.81. The van der Waals surface area contributed by atoms with Crippen LogP contribution in [0.4, 0.5) is 0 Å². The zero-order valence-electron chi connectivity index (χ0n) is 11.9. The van der Waals surface area contributed by atoms with Crippen molar-refractivity contribution in [2.75, 3.05) is 13.7 Å². The number of aliphatic hydroxyl groups is 1. The fraction of sp³-hybridized carbons (Fsp3) is 0.846. The minimum Gasteiger partial charge on any atom is -0.480 e. The van der Waals surface area contributed by atoms with Gasteiger partial charge in [0.2, 0.25) is 5.91 Å². The van der Waals surface area contributed by atoms with E-state index in [1.165, 1.54) is 7.11 Å². The molecule has 0 aliphatic rings. The number of nitrogens with one attached hydrogen (secondary N) is 1. The van der Waals surface area contributed by atoms with Gasteiger partial charge < -0.3 is 20.3 Å². The Morgan fingerprint density at radius 1 is 1.26 bits per heavy atom. The molecule has 0 radical (unpaired) electrons. The Labute approximate surface area is 114 Å². The molecule has 1 unspecified atom stereocenters. The summed E-state index contributed by atoms with van der Waals surface area (Å²) in [5.74, 6) is -1.61. The number of amides is 1. The molecular formula is C13H25NO5. The average molecular weight is 275 g/mol. The number of carbonyl (C=O) groups excluding carboxylic acids is 1. The Bertz CT molecular complexity index is 287. The number of hydrogen-bond donors (Lipinski definition) is 3. The predicted molar refractivity (Wildman–Crippen MR) is 70.8 cm³/mol. The van der Waals surface area contributed by atoms with Gasteiger partial charge in [-0.25, -0.2) is 4.79 Å². The van der Waals surface area contributed by atoms with Crippen molar-refractivity contribution in [2.45, 2.75) is 57.6 Å². The average Bonchev–Trinajstić information content (AvgIpc) is 2.28. The first-order valence-electron chi connectivity index (χ1n) is 6.62. The van der Waals surface area contributed by atoms with Gasteiger partial charge in [0, 0.05) is 7.11 Å². The summed E-state index contributed by atoms with van der Waals surface area (Å²) in [5.41, 5.74) is -1.05. The molecule has 0 aromatic heterocycles. The standard InChI is InChI=1S/C13H25NO5/c1-4-6-13(18,7-5-2)8-11(15)14-10(9-19-3)12(16)17/h10,18H,4-9H2,1-3H3,(H,14,15)(H,16,17). The molecule has 0 rings (SSSR count).